The molecule has 0 spiro atoms. The zero-order valence-electron chi connectivity index (χ0n) is 16.7. The van der Waals surface area contributed by atoms with Gasteiger partial charge in [-0.05, 0) is 24.3 Å². The molecule has 1 fully saturated rings. The lowest BCUT2D eigenvalue weighted by Gasteiger charge is -2.29. The summed E-state index contributed by atoms with van der Waals surface area (Å²) < 4.78 is 10.2. The molecule has 160 valence electrons. The van der Waals surface area contributed by atoms with Crippen molar-refractivity contribution in [2.45, 2.75) is 0 Å². The van der Waals surface area contributed by atoms with E-state index in [0.717, 1.165) is 5.69 Å². The maximum Gasteiger partial charge on any atom is 0.340 e. The Balaban J connectivity index is 1.64. The minimum atomic E-state index is -0.585. The molecular weight excluding hydrogens is 404 g/mol. The van der Waals surface area contributed by atoms with Crippen molar-refractivity contribution < 1.29 is 24.0 Å². The smallest absolute Gasteiger partial charge is 0.340 e. The molecule has 0 radical (unpaired) electrons. The van der Waals surface area contributed by atoms with Crippen molar-refractivity contribution in [2.24, 2.45) is 0 Å². The van der Waals surface area contributed by atoms with E-state index in [0.29, 0.717) is 31.7 Å². The van der Waals surface area contributed by atoms with Crippen molar-refractivity contribution in [3.05, 3.63) is 63.8 Å². The van der Waals surface area contributed by atoms with E-state index in [1.807, 2.05) is 6.07 Å². The van der Waals surface area contributed by atoms with Gasteiger partial charge in [0.15, 0.2) is 0 Å². The van der Waals surface area contributed by atoms with Crippen LogP contribution in [0.15, 0.2) is 42.5 Å². The Morgan fingerprint density at radius 1 is 1.19 bits per heavy atom. The summed E-state index contributed by atoms with van der Waals surface area (Å²) in [5, 5.41) is 14.5. The Morgan fingerprint density at radius 2 is 1.97 bits per heavy atom. The number of nitrogens with zero attached hydrogens (tertiary/aromatic N) is 2. The van der Waals surface area contributed by atoms with Crippen molar-refractivity contribution >= 4 is 39.8 Å². The van der Waals surface area contributed by atoms with Gasteiger partial charge in [-0.15, -0.1) is 0 Å². The second-order valence-corrected chi connectivity index (χ2v) is 6.96. The molecule has 4 rings (SSSR count). The first-order valence-corrected chi connectivity index (χ1v) is 9.60. The highest BCUT2D eigenvalue weighted by atomic mass is 16.6. The minimum absolute atomic E-state index is 0.123. The van der Waals surface area contributed by atoms with Gasteiger partial charge in [-0.2, -0.15) is 0 Å². The van der Waals surface area contributed by atoms with Gasteiger partial charge in [-0.3, -0.25) is 14.9 Å². The third-order valence-electron chi connectivity index (χ3n) is 5.11. The number of rotatable bonds is 5. The molecule has 1 aliphatic rings. The van der Waals surface area contributed by atoms with Crippen LogP contribution in [0, 0.1) is 10.1 Å². The summed E-state index contributed by atoms with van der Waals surface area (Å²) >= 11 is 0. The van der Waals surface area contributed by atoms with Crippen molar-refractivity contribution in [3.63, 3.8) is 0 Å². The van der Waals surface area contributed by atoms with Crippen LogP contribution in [0.5, 0.6) is 0 Å². The first-order chi connectivity index (χ1) is 15.0. The van der Waals surface area contributed by atoms with Crippen LogP contribution < -0.4 is 10.2 Å². The number of fused-ring (bicyclic) bond motifs is 1. The van der Waals surface area contributed by atoms with E-state index in [9.17, 15) is 19.7 Å². The molecule has 10 heteroatoms. The van der Waals surface area contributed by atoms with Crippen LogP contribution in [0.25, 0.3) is 10.9 Å². The summed E-state index contributed by atoms with van der Waals surface area (Å²) in [7, 11) is 1.27. The number of amides is 1. The van der Waals surface area contributed by atoms with Crippen molar-refractivity contribution in [2.75, 3.05) is 43.6 Å². The number of aromatic nitrogens is 1. The molecule has 2 aromatic carbocycles. The Kier molecular flexibility index (Phi) is 5.54. The van der Waals surface area contributed by atoms with Gasteiger partial charge in [0, 0.05) is 30.2 Å². The van der Waals surface area contributed by atoms with Gasteiger partial charge in [0.05, 0.1) is 36.5 Å². The highest BCUT2D eigenvalue weighted by Gasteiger charge is 2.21. The molecular formula is C21H20N4O6. The summed E-state index contributed by atoms with van der Waals surface area (Å²) in [6.45, 7) is 2.58. The number of H-pyrrole nitrogens is 1. The fraction of sp³-hybridized carbons (Fsp3) is 0.238. The van der Waals surface area contributed by atoms with E-state index < -0.39 is 16.8 Å². The van der Waals surface area contributed by atoms with E-state index >= 15 is 0 Å². The molecule has 0 atom stereocenters. The molecule has 0 aliphatic carbocycles. The second-order valence-electron chi connectivity index (χ2n) is 6.96. The van der Waals surface area contributed by atoms with Crippen LogP contribution in [0.2, 0.25) is 0 Å². The van der Waals surface area contributed by atoms with E-state index in [1.165, 1.54) is 19.2 Å². The first-order valence-electron chi connectivity index (χ1n) is 9.60. The zero-order valence-corrected chi connectivity index (χ0v) is 16.7. The summed E-state index contributed by atoms with van der Waals surface area (Å²) in [5.74, 6) is -1.12. The molecule has 3 aromatic rings. The number of carbonyl (C=O) groups excluding carboxylic acids is 2. The zero-order chi connectivity index (χ0) is 22.0. The highest BCUT2D eigenvalue weighted by Crippen LogP contribution is 2.28. The molecule has 31 heavy (non-hydrogen) atoms. The quantitative estimate of drug-likeness (QED) is 0.366. The molecule has 1 amide bonds. The lowest BCUT2D eigenvalue weighted by molar-refractivity contribution is -0.383. The van der Waals surface area contributed by atoms with Crippen LogP contribution >= 0.6 is 0 Å². The fourth-order valence-corrected chi connectivity index (χ4v) is 3.54. The maximum atomic E-state index is 12.8. The van der Waals surface area contributed by atoms with Crippen LogP contribution in [0.1, 0.15) is 20.8 Å². The molecule has 10 nitrogen and oxygen atoms in total. The lowest BCUT2D eigenvalue weighted by atomic mass is 10.1. The predicted octanol–water partition coefficient (Wildman–Crippen LogP) is 2.95. The average molecular weight is 424 g/mol. The normalized spacial score (nSPS) is 13.8. The molecule has 2 heterocycles. The third-order valence-corrected chi connectivity index (χ3v) is 5.11. The van der Waals surface area contributed by atoms with Gasteiger partial charge in [0.25, 0.3) is 11.6 Å². The fourth-order valence-electron chi connectivity index (χ4n) is 3.54. The van der Waals surface area contributed by atoms with Gasteiger partial charge in [-0.1, -0.05) is 12.1 Å². The topological polar surface area (TPSA) is 127 Å². The number of hydrogen-bond acceptors (Lipinski definition) is 7. The molecule has 1 aromatic heterocycles. The number of aromatic amines is 1. The van der Waals surface area contributed by atoms with Crippen LogP contribution in [0.3, 0.4) is 0 Å². The Labute approximate surface area is 176 Å². The van der Waals surface area contributed by atoms with Crippen LogP contribution in [0.4, 0.5) is 17.1 Å². The lowest BCUT2D eigenvalue weighted by Crippen LogP contribution is -2.36. The number of nitro groups is 1. The van der Waals surface area contributed by atoms with E-state index in [1.54, 1.807) is 24.3 Å². The number of para-hydroxylation sites is 1. The number of methoxy groups -OCH3 is 1. The van der Waals surface area contributed by atoms with Crippen molar-refractivity contribution in [3.8, 4) is 0 Å². The summed E-state index contributed by atoms with van der Waals surface area (Å²) in [6, 6.07) is 11.2. The minimum Gasteiger partial charge on any atom is -0.465 e. The molecule has 0 bridgehead atoms. The number of nitrogens with one attached hydrogen (secondary N) is 2. The maximum absolute atomic E-state index is 12.8. The predicted molar refractivity (Wildman–Crippen MR) is 114 cm³/mol. The number of esters is 1. The number of morpholine rings is 1. The van der Waals surface area contributed by atoms with Gasteiger partial charge >= 0.3 is 5.97 Å². The number of ether oxygens (including phenoxy) is 2. The van der Waals surface area contributed by atoms with Gasteiger partial charge in [-0.25, -0.2) is 4.79 Å². The molecule has 1 saturated heterocycles. The SMILES string of the molecule is COC(=O)c1cc(N2CCOCC2)ccc1NC(=O)c1cc2cccc([N+](=O)[O-])c2[nH]1. The number of non-ortho nitro benzene ring substituents is 1. The number of hydrogen-bond donors (Lipinski definition) is 2. The summed E-state index contributed by atoms with van der Waals surface area (Å²) in [6.07, 6.45) is 0. The number of carbonyl (C=O) groups is 2. The summed E-state index contributed by atoms with van der Waals surface area (Å²) in [5.41, 5.74) is 1.58. The van der Waals surface area contributed by atoms with Crippen molar-refractivity contribution in [1.29, 1.82) is 0 Å². The Hall–Kier alpha value is -3.92. The van der Waals surface area contributed by atoms with E-state index in [4.69, 9.17) is 9.47 Å². The Bertz CT molecular complexity index is 1170. The second kappa shape index (κ2) is 8.44. The van der Waals surface area contributed by atoms with Crippen LogP contribution in [-0.4, -0.2) is 55.2 Å². The largest absolute Gasteiger partial charge is 0.465 e. The highest BCUT2D eigenvalue weighted by molar-refractivity contribution is 6.09. The number of benzene rings is 2. The average Bonchev–Trinajstić information content (AvgIpc) is 3.24. The van der Waals surface area contributed by atoms with Gasteiger partial charge in [0.1, 0.15) is 11.2 Å². The Morgan fingerprint density at radius 3 is 2.68 bits per heavy atom. The molecule has 0 unspecified atom stereocenters. The monoisotopic (exact) mass is 424 g/mol. The van der Waals surface area contributed by atoms with Gasteiger partial charge in [0.2, 0.25) is 0 Å². The summed E-state index contributed by atoms with van der Waals surface area (Å²) in [4.78, 5) is 40.8. The molecule has 2 N–H and O–H groups in total. The van der Waals surface area contributed by atoms with E-state index in [-0.39, 0.29) is 28.1 Å². The number of nitro benzene ring substituents is 1. The third kappa shape index (κ3) is 4.05. The molecule has 0 saturated carbocycles. The standard InChI is InChI=1S/C21H20N4O6/c1-30-21(27)15-12-14(24-7-9-31-10-8-24)5-6-16(15)23-20(26)17-11-13-3-2-4-18(25(28)29)19(13)22-17/h2-6,11-12,22H,7-10H2,1H3,(H,23,26). The van der Waals surface area contributed by atoms with Crippen LogP contribution in [-0.2, 0) is 9.47 Å². The number of anilines is 2. The van der Waals surface area contributed by atoms with Gasteiger partial charge < -0.3 is 24.7 Å². The van der Waals surface area contributed by atoms with Crippen molar-refractivity contribution in [1.82, 2.24) is 4.98 Å². The first kappa shape index (κ1) is 20.4. The van der Waals surface area contributed by atoms with E-state index in [2.05, 4.69) is 15.2 Å². The molecule has 1 aliphatic heterocycles.